The van der Waals surface area contributed by atoms with Gasteiger partial charge in [0.1, 0.15) is 0 Å². The summed E-state index contributed by atoms with van der Waals surface area (Å²) in [4.78, 5) is 0. The summed E-state index contributed by atoms with van der Waals surface area (Å²) in [6.07, 6.45) is 4.24. The van der Waals surface area contributed by atoms with Gasteiger partial charge in [0.05, 0.1) is 0 Å². The van der Waals surface area contributed by atoms with Crippen LogP contribution in [0.2, 0.25) is 0 Å². The standard InChI is InChI=1S/C10H21N/c1-4-11-10-7-5-6-8(2)9(10)3/h8-11H,4-7H2,1-3H3. The minimum absolute atomic E-state index is 0.795. The Balaban J connectivity index is 2.38. The van der Waals surface area contributed by atoms with Crippen molar-refractivity contribution in [3.8, 4) is 0 Å². The van der Waals surface area contributed by atoms with Crippen molar-refractivity contribution in [2.45, 2.75) is 46.1 Å². The van der Waals surface area contributed by atoms with E-state index in [4.69, 9.17) is 0 Å². The molecule has 1 aliphatic carbocycles. The summed E-state index contributed by atoms with van der Waals surface area (Å²) in [6, 6.07) is 0.795. The summed E-state index contributed by atoms with van der Waals surface area (Å²) >= 11 is 0. The van der Waals surface area contributed by atoms with E-state index in [9.17, 15) is 0 Å². The zero-order chi connectivity index (χ0) is 8.27. The lowest BCUT2D eigenvalue weighted by Gasteiger charge is -2.34. The van der Waals surface area contributed by atoms with Gasteiger partial charge in [0, 0.05) is 6.04 Å². The molecule has 66 valence electrons. The second-order valence-corrected chi connectivity index (χ2v) is 3.93. The van der Waals surface area contributed by atoms with Crippen molar-refractivity contribution in [3.63, 3.8) is 0 Å². The Kier molecular flexibility index (Phi) is 3.38. The SMILES string of the molecule is CCNC1CCCC(C)C1C. The third-order valence-electron chi connectivity index (χ3n) is 3.17. The molecule has 0 aliphatic heterocycles. The second kappa shape index (κ2) is 4.10. The fraction of sp³-hybridized carbons (Fsp3) is 1.00. The Bertz CT molecular complexity index is 109. The molecule has 0 bridgehead atoms. The molecule has 3 unspecified atom stereocenters. The smallest absolute Gasteiger partial charge is 0.00951 e. The number of hydrogen-bond acceptors (Lipinski definition) is 1. The monoisotopic (exact) mass is 155 g/mol. The molecule has 0 aromatic heterocycles. The average molecular weight is 155 g/mol. The Morgan fingerprint density at radius 3 is 2.64 bits per heavy atom. The fourth-order valence-corrected chi connectivity index (χ4v) is 2.13. The average Bonchev–Trinajstić information content (AvgIpc) is 1.99. The largest absolute Gasteiger partial charge is 0.314 e. The zero-order valence-corrected chi connectivity index (χ0v) is 8.06. The summed E-state index contributed by atoms with van der Waals surface area (Å²) in [5.41, 5.74) is 0. The van der Waals surface area contributed by atoms with E-state index in [0.717, 1.165) is 24.4 Å². The lowest BCUT2D eigenvalue weighted by Crippen LogP contribution is -2.40. The van der Waals surface area contributed by atoms with Gasteiger partial charge in [-0.2, -0.15) is 0 Å². The number of nitrogens with one attached hydrogen (secondary N) is 1. The van der Waals surface area contributed by atoms with E-state index in [1.54, 1.807) is 0 Å². The molecule has 0 aromatic carbocycles. The van der Waals surface area contributed by atoms with Crippen molar-refractivity contribution in [1.82, 2.24) is 5.32 Å². The molecule has 0 heterocycles. The molecular formula is C10H21N. The summed E-state index contributed by atoms with van der Waals surface area (Å²) in [5, 5.41) is 3.56. The van der Waals surface area contributed by atoms with Crippen molar-refractivity contribution in [2.75, 3.05) is 6.54 Å². The molecule has 0 spiro atoms. The first kappa shape index (κ1) is 9.05. The van der Waals surface area contributed by atoms with Crippen LogP contribution in [0.1, 0.15) is 40.0 Å². The van der Waals surface area contributed by atoms with E-state index in [0.29, 0.717) is 0 Å². The van der Waals surface area contributed by atoms with Gasteiger partial charge >= 0.3 is 0 Å². The molecule has 1 fully saturated rings. The van der Waals surface area contributed by atoms with Gasteiger partial charge in [-0.3, -0.25) is 0 Å². The van der Waals surface area contributed by atoms with Crippen molar-refractivity contribution in [1.29, 1.82) is 0 Å². The Morgan fingerprint density at radius 1 is 1.27 bits per heavy atom. The molecule has 0 saturated heterocycles. The van der Waals surface area contributed by atoms with Crippen LogP contribution in [-0.4, -0.2) is 12.6 Å². The van der Waals surface area contributed by atoms with Gasteiger partial charge in [-0.25, -0.2) is 0 Å². The minimum Gasteiger partial charge on any atom is -0.314 e. The van der Waals surface area contributed by atoms with Gasteiger partial charge in [-0.15, -0.1) is 0 Å². The topological polar surface area (TPSA) is 12.0 Å². The van der Waals surface area contributed by atoms with Crippen LogP contribution in [0.25, 0.3) is 0 Å². The lowest BCUT2D eigenvalue weighted by molar-refractivity contribution is 0.209. The van der Waals surface area contributed by atoms with Crippen LogP contribution in [0.4, 0.5) is 0 Å². The van der Waals surface area contributed by atoms with Crippen LogP contribution in [-0.2, 0) is 0 Å². The van der Waals surface area contributed by atoms with E-state index < -0.39 is 0 Å². The van der Waals surface area contributed by atoms with Gasteiger partial charge in [0.25, 0.3) is 0 Å². The predicted molar refractivity (Wildman–Crippen MR) is 49.6 cm³/mol. The molecule has 1 saturated carbocycles. The third kappa shape index (κ3) is 2.19. The number of rotatable bonds is 2. The molecule has 0 radical (unpaired) electrons. The number of hydrogen-bond donors (Lipinski definition) is 1. The molecule has 3 atom stereocenters. The predicted octanol–water partition coefficient (Wildman–Crippen LogP) is 2.42. The molecule has 1 nitrogen and oxygen atoms in total. The van der Waals surface area contributed by atoms with Gasteiger partial charge in [0.15, 0.2) is 0 Å². The first-order chi connectivity index (χ1) is 5.25. The highest BCUT2D eigenvalue weighted by atomic mass is 14.9. The van der Waals surface area contributed by atoms with Gasteiger partial charge in [-0.05, 0) is 24.8 Å². The maximum atomic E-state index is 3.56. The Hall–Kier alpha value is -0.0400. The minimum atomic E-state index is 0.795. The van der Waals surface area contributed by atoms with Gasteiger partial charge < -0.3 is 5.32 Å². The molecular weight excluding hydrogens is 134 g/mol. The van der Waals surface area contributed by atoms with Crippen LogP contribution in [0.15, 0.2) is 0 Å². The van der Waals surface area contributed by atoms with E-state index in [1.165, 1.54) is 19.3 Å². The summed E-state index contributed by atoms with van der Waals surface area (Å²) in [6.45, 7) is 8.10. The normalized spacial score (nSPS) is 39.0. The Morgan fingerprint density at radius 2 is 2.00 bits per heavy atom. The van der Waals surface area contributed by atoms with E-state index in [2.05, 4.69) is 26.1 Å². The van der Waals surface area contributed by atoms with Crippen LogP contribution in [0, 0.1) is 11.8 Å². The molecule has 1 rings (SSSR count). The van der Waals surface area contributed by atoms with E-state index in [1.807, 2.05) is 0 Å². The highest BCUT2D eigenvalue weighted by Gasteiger charge is 2.25. The molecule has 1 N–H and O–H groups in total. The Labute approximate surface area is 70.6 Å². The molecule has 0 aromatic rings. The summed E-state index contributed by atoms with van der Waals surface area (Å²) in [7, 11) is 0. The highest BCUT2D eigenvalue weighted by Crippen LogP contribution is 2.29. The maximum Gasteiger partial charge on any atom is 0.00951 e. The van der Waals surface area contributed by atoms with Crippen LogP contribution in [0.3, 0.4) is 0 Å². The molecule has 1 aliphatic rings. The lowest BCUT2D eigenvalue weighted by atomic mass is 9.78. The fourth-order valence-electron chi connectivity index (χ4n) is 2.13. The van der Waals surface area contributed by atoms with Crippen molar-refractivity contribution < 1.29 is 0 Å². The van der Waals surface area contributed by atoms with Crippen LogP contribution in [0.5, 0.6) is 0 Å². The summed E-state index contributed by atoms with van der Waals surface area (Å²) in [5.74, 6) is 1.80. The molecule has 1 heteroatoms. The zero-order valence-electron chi connectivity index (χ0n) is 8.06. The van der Waals surface area contributed by atoms with Crippen molar-refractivity contribution in [3.05, 3.63) is 0 Å². The van der Waals surface area contributed by atoms with Gasteiger partial charge in [0.2, 0.25) is 0 Å². The first-order valence-electron chi connectivity index (χ1n) is 4.99. The third-order valence-corrected chi connectivity index (χ3v) is 3.17. The van der Waals surface area contributed by atoms with Crippen LogP contribution < -0.4 is 5.32 Å². The van der Waals surface area contributed by atoms with Crippen molar-refractivity contribution in [2.24, 2.45) is 11.8 Å². The quantitative estimate of drug-likeness (QED) is 0.645. The van der Waals surface area contributed by atoms with Gasteiger partial charge in [-0.1, -0.05) is 33.6 Å². The highest BCUT2D eigenvalue weighted by molar-refractivity contribution is 4.81. The first-order valence-corrected chi connectivity index (χ1v) is 4.99. The van der Waals surface area contributed by atoms with Crippen LogP contribution >= 0.6 is 0 Å². The maximum absolute atomic E-state index is 3.56. The second-order valence-electron chi connectivity index (χ2n) is 3.93. The van der Waals surface area contributed by atoms with Crippen molar-refractivity contribution >= 4 is 0 Å². The summed E-state index contributed by atoms with van der Waals surface area (Å²) < 4.78 is 0. The van der Waals surface area contributed by atoms with E-state index in [-0.39, 0.29) is 0 Å². The molecule has 0 amide bonds. The van der Waals surface area contributed by atoms with E-state index >= 15 is 0 Å². The molecule has 11 heavy (non-hydrogen) atoms.